The van der Waals surface area contributed by atoms with Gasteiger partial charge in [0.05, 0.1) is 13.2 Å². The number of ether oxygens (including phenoxy) is 2. The van der Waals surface area contributed by atoms with E-state index in [1.807, 2.05) is 13.8 Å². The van der Waals surface area contributed by atoms with Gasteiger partial charge in [-0.2, -0.15) is 0 Å². The van der Waals surface area contributed by atoms with Crippen LogP contribution in [-0.4, -0.2) is 33.6 Å². The van der Waals surface area contributed by atoms with Gasteiger partial charge in [-0.1, -0.05) is 19.9 Å². The topological polar surface area (TPSA) is 99.4 Å². The molecular weight excluding hydrogens is 312 g/mol. The van der Waals surface area contributed by atoms with Crippen molar-refractivity contribution in [2.75, 3.05) is 7.11 Å². The highest BCUT2D eigenvalue weighted by atomic mass is 16.5. The first-order valence-electron chi connectivity index (χ1n) is 7.76. The van der Waals surface area contributed by atoms with E-state index in [9.17, 15) is 20.4 Å². The van der Waals surface area contributed by atoms with Crippen LogP contribution < -0.4 is 9.47 Å². The maximum atomic E-state index is 10.3. The van der Waals surface area contributed by atoms with E-state index in [1.165, 1.54) is 25.3 Å². The Labute approximate surface area is 140 Å². The van der Waals surface area contributed by atoms with Crippen molar-refractivity contribution in [2.45, 2.75) is 32.5 Å². The van der Waals surface area contributed by atoms with Gasteiger partial charge in [0.2, 0.25) is 0 Å². The Kier molecular flexibility index (Phi) is 5.41. The number of rotatable bonds is 2. The maximum Gasteiger partial charge on any atom is 0.157 e. The predicted molar refractivity (Wildman–Crippen MR) is 88.9 cm³/mol. The van der Waals surface area contributed by atoms with E-state index in [1.54, 1.807) is 12.1 Å². The summed E-state index contributed by atoms with van der Waals surface area (Å²) >= 11 is 0. The minimum atomic E-state index is -0.893. The highest BCUT2D eigenvalue weighted by Crippen LogP contribution is 2.42. The lowest BCUT2D eigenvalue weighted by molar-refractivity contribution is 0.0197. The number of methoxy groups -OCH3 is 1. The average Bonchev–Trinajstić information content (AvgIpc) is 2.59. The lowest BCUT2D eigenvalue weighted by Gasteiger charge is -2.31. The molecule has 0 unspecified atom stereocenters. The van der Waals surface area contributed by atoms with Crippen LogP contribution >= 0.6 is 0 Å². The van der Waals surface area contributed by atoms with Crippen molar-refractivity contribution in [3.63, 3.8) is 0 Å². The zero-order chi connectivity index (χ0) is 17.9. The predicted octanol–water partition coefficient (Wildman–Crippen LogP) is 2.88. The molecule has 1 heterocycles. The Balaban J connectivity index is 0.00000100. The van der Waals surface area contributed by atoms with Crippen LogP contribution in [0.3, 0.4) is 0 Å². The average molecular weight is 334 g/mol. The fraction of sp³-hybridized carbons (Fsp3) is 0.333. The van der Waals surface area contributed by atoms with Crippen molar-refractivity contribution in [1.82, 2.24) is 0 Å². The van der Waals surface area contributed by atoms with E-state index in [4.69, 9.17) is 9.47 Å². The third-order valence-corrected chi connectivity index (χ3v) is 3.74. The molecule has 0 fully saturated rings. The Hall–Kier alpha value is -2.60. The summed E-state index contributed by atoms with van der Waals surface area (Å²) in [5.41, 5.74) is 1.03. The molecule has 130 valence electrons. The molecule has 24 heavy (non-hydrogen) atoms. The molecule has 0 radical (unpaired) electrons. The minimum absolute atomic E-state index is 0.000373. The molecule has 1 aliphatic rings. The highest BCUT2D eigenvalue weighted by molar-refractivity contribution is 5.52. The third-order valence-electron chi connectivity index (χ3n) is 3.74. The van der Waals surface area contributed by atoms with Gasteiger partial charge in [0, 0.05) is 24.1 Å². The van der Waals surface area contributed by atoms with Crippen LogP contribution in [0.5, 0.6) is 28.7 Å². The molecule has 0 bridgehead atoms. The normalized spacial score (nSPS) is 18.7. The second-order valence-corrected chi connectivity index (χ2v) is 5.18. The number of hydrogen-bond donors (Lipinski definition) is 4. The fourth-order valence-electron chi connectivity index (χ4n) is 2.57. The molecule has 2 aromatic carbocycles. The Morgan fingerprint density at radius 1 is 1.00 bits per heavy atom. The van der Waals surface area contributed by atoms with E-state index in [2.05, 4.69) is 0 Å². The van der Waals surface area contributed by atoms with Crippen LogP contribution in [0.1, 0.15) is 31.1 Å². The van der Waals surface area contributed by atoms with Gasteiger partial charge >= 0.3 is 0 Å². The van der Waals surface area contributed by atoms with Gasteiger partial charge in [-0.05, 0) is 17.7 Å². The van der Waals surface area contributed by atoms with Crippen LogP contribution in [0, 0.1) is 0 Å². The molecule has 6 heteroatoms. The summed E-state index contributed by atoms with van der Waals surface area (Å²) in [6.07, 6.45) is -1.40. The largest absolute Gasteiger partial charge is 0.507 e. The number of phenols is 3. The van der Waals surface area contributed by atoms with Gasteiger partial charge in [0.1, 0.15) is 23.4 Å². The van der Waals surface area contributed by atoms with E-state index < -0.39 is 12.2 Å². The molecule has 2 atom stereocenters. The number of phenolic OH excluding ortho intramolecular Hbond substituents is 3. The van der Waals surface area contributed by atoms with Crippen LogP contribution in [0.25, 0.3) is 0 Å². The summed E-state index contributed by atoms with van der Waals surface area (Å²) in [5.74, 6) is 0.335. The van der Waals surface area contributed by atoms with E-state index in [-0.39, 0.29) is 23.7 Å². The molecule has 0 amide bonds. The zero-order valence-electron chi connectivity index (χ0n) is 13.9. The molecule has 0 saturated heterocycles. The van der Waals surface area contributed by atoms with Crippen LogP contribution in [-0.2, 0) is 6.42 Å². The highest BCUT2D eigenvalue weighted by Gasteiger charge is 2.32. The number of hydrogen-bond acceptors (Lipinski definition) is 6. The number of fused-ring (bicyclic) bond motifs is 1. The zero-order valence-corrected chi connectivity index (χ0v) is 13.9. The van der Waals surface area contributed by atoms with Crippen molar-refractivity contribution >= 4 is 0 Å². The van der Waals surface area contributed by atoms with Crippen molar-refractivity contribution in [1.29, 1.82) is 0 Å². The van der Waals surface area contributed by atoms with Crippen molar-refractivity contribution < 1.29 is 29.9 Å². The first-order chi connectivity index (χ1) is 11.5. The Morgan fingerprint density at radius 3 is 2.33 bits per heavy atom. The van der Waals surface area contributed by atoms with E-state index in [0.29, 0.717) is 22.6 Å². The van der Waals surface area contributed by atoms with Crippen molar-refractivity contribution in [3.05, 3.63) is 41.5 Å². The SMILES string of the molecule is CC.COc1cc(O)c2c(c1)O[C@H](c1ccc(O)c(O)c1)[C@H](O)C2. The molecule has 0 aromatic heterocycles. The Bertz CT molecular complexity index is 713. The van der Waals surface area contributed by atoms with Crippen LogP contribution in [0.4, 0.5) is 0 Å². The summed E-state index contributed by atoms with van der Waals surface area (Å²) in [6, 6.07) is 7.33. The van der Waals surface area contributed by atoms with Crippen molar-refractivity contribution in [3.8, 4) is 28.7 Å². The van der Waals surface area contributed by atoms with Crippen molar-refractivity contribution in [2.24, 2.45) is 0 Å². The molecule has 6 nitrogen and oxygen atoms in total. The molecular formula is C18H22O6. The molecule has 0 saturated carbocycles. The Morgan fingerprint density at radius 2 is 1.71 bits per heavy atom. The van der Waals surface area contributed by atoms with Crippen LogP contribution in [0.15, 0.2) is 30.3 Å². The number of benzene rings is 2. The smallest absolute Gasteiger partial charge is 0.157 e. The maximum absolute atomic E-state index is 10.3. The van der Waals surface area contributed by atoms with Gasteiger partial charge < -0.3 is 29.9 Å². The van der Waals surface area contributed by atoms with E-state index in [0.717, 1.165) is 0 Å². The lowest BCUT2D eigenvalue weighted by Crippen LogP contribution is -2.30. The second-order valence-electron chi connectivity index (χ2n) is 5.18. The number of aromatic hydroxyl groups is 3. The first kappa shape index (κ1) is 17.7. The molecule has 4 N–H and O–H groups in total. The van der Waals surface area contributed by atoms with E-state index >= 15 is 0 Å². The summed E-state index contributed by atoms with van der Waals surface area (Å²) in [5, 5.41) is 39.2. The fourth-order valence-corrected chi connectivity index (χ4v) is 2.57. The second kappa shape index (κ2) is 7.31. The number of aliphatic hydroxyl groups is 1. The molecule has 1 aliphatic heterocycles. The molecule has 0 aliphatic carbocycles. The first-order valence-corrected chi connectivity index (χ1v) is 7.76. The summed E-state index contributed by atoms with van der Waals surface area (Å²) in [4.78, 5) is 0. The molecule has 0 spiro atoms. The monoisotopic (exact) mass is 334 g/mol. The lowest BCUT2D eigenvalue weighted by atomic mass is 9.94. The quantitative estimate of drug-likeness (QED) is 0.630. The van der Waals surface area contributed by atoms with Gasteiger partial charge in [0.15, 0.2) is 11.5 Å². The summed E-state index contributed by atoms with van der Waals surface area (Å²) in [7, 11) is 1.48. The van der Waals surface area contributed by atoms with Gasteiger partial charge in [0.25, 0.3) is 0 Å². The minimum Gasteiger partial charge on any atom is -0.507 e. The third kappa shape index (κ3) is 3.33. The number of aliphatic hydroxyl groups excluding tert-OH is 1. The molecule has 3 rings (SSSR count). The summed E-state index contributed by atoms with van der Waals surface area (Å²) in [6.45, 7) is 4.00. The van der Waals surface area contributed by atoms with Gasteiger partial charge in [-0.3, -0.25) is 0 Å². The summed E-state index contributed by atoms with van der Waals surface area (Å²) < 4.78 is 10.9. The van der Waals surface area contributed by atoms with Gasteiger partial charge in [-0.15, -0.1) is 0 Å². The van der Waals surface area contributed by atoms with Crippen LogP contribution in [0.2, 0.25) is 0 Å². The molecule has 2 aromatic rings. The van der Waals surface area contributed by atoms with Gasteiger partial charge in [-0.25, -0.2) is 0 Å². The standard InChI is InChI=1S/C16H16O6.C2H6/c1-21-9-5-12(18)10-7-14(20)16(22-15(10)6-9)8-2-3-11(17)13(19)4-8;1-2/h2-6,14,16-20H,7H2,1H3;1-2H3/t14-,16-;/m1./s1.